The number of nitrogens with one attached hydrogen (secondary N) is 3. The lowest BCUT2D eigenvalue weighted by atomic mass is 9.44. The third-order valence-electron chi connectivity index (χ3n) is 13.5. The lowest BCUT2D eigenvalue weighted by Gasteiger charge is -2.61. The average Bonchev–Trinajstić information content (AvgIpc) is 3.33. The highest BCUT2D eigenvalue weighted by molar-refractivity contribution is 5.76. The first kappa shape index (κ1) is 35.2. The van der Waals surface area contributed by atoms with E-state index in [0.717, 1.165) is 55.1 Å². The summed E-state index contributed by atoms with van der Waals surface area (Å²) in [5.74, 6) is 5.43. The molecule has 0 bridgehead atoms. The molecule has 0 aromatic rings. The van der Waals surface area contributed by atoms with Gasteiger partial charge in [-0.15, -0.1) is 0 Å². The Bertz CT molecular complexity index is 833. The third-order valence-corrected chi connectivity index (χ3v) is 13.5. The summed E-state index contributed by atoms with van der Waals surface area (Å²) in [5, 5.41) is 10.8. The molecular formula is C38H72N4O. The van der Waals surface area contributed by atoms with Crippen molar-refractivity contribution in [3.8, 4) is 0 Å². The summed E-state index contributed by atoms with van der Waals surface area (Å²) in [7, 11) is 0. The fraction of sp³-hybridized carbons (Fsp3) is 0.974. The Morgan fingerprint density at radius 1 is 0.791 bits per heavy atom. The van der Waals surface area contributed by atoms with Crippen molar-refractivity contribution in [2.75, 3.05) is 26.2 Å². The van der Waals surface area contributed by atoms with Crippen molar-refractivity contribution in [3.63, 3.8) is 0 Å². The predicted octanol–water partition coefficient (Wildman–Crippen LogP) is 7.82. The van der Waals surface area contributed by atoms with Gasteiger partial charge in [-0.2, -0.15) is 0 Å². The van der Waals surface area contributed by atoms with E-state index in [2.05, 4.69) is 50.6 Å². The first-order chi connectivity index (χ1) is 20.7. The molecule has 0 spiro atoms. The number of carbonyl (C=O) groups is 1. The predicted molar refractivity (Wildman–Crippen MR) is 183 cm³/mol. The smallest absolute Gasteiger partial charge is 0.220 e. The molecule has 4 saturated carbocycles. The van der Waals surface area contributed by atoms with E-state index < -0.39 is 0 Å². The van der Waals surface area contributed by atoms with Crippen LogP contribution in [0.3, 0.4) is 0 Å². The van der Waals surface area contributed by atoms with Crippen molar-refractivity contribution in [3.05, 3.63) is 0 Å². The van der Waals surface area contributed by atoms with E-state index in [0.29, 0.717) is 23.2 Å². The van der Waals surface area contributed by atoms with Gasteiger partial charge < -0.3 is 21.7 Å². The molecule has 0 aliphatic heterocycles. The van der Waals surface area contributed by atoms with Crippen molar-refractivity contribution in [2.45, 2.75) is 162 Å². The summed E-state index contributed by atoms with van der Waals surface area (Å²) in [6.07, 6.45) is 23.8. The number of rotatable bonds is 18. The molecule has 43 heavy (non-hydrogen) atoms. The third kappa shape index (κ3) is 9.00. The molecule has 0 saturated heterocycles. The first-order valence-corrected chi connectivity index (χ1v) is 19.1. The van der Waals surface area contributed by atoms with E-state index in [1.165, 1.54) is 116 Å². The molecule has 250 valence electrons. The molecular weight excluding hydrogens is 528 g/mol. The molecule has 0 aromatic carbocycles. The topological polar surface area (TPSA) is 79.2 Å². The van der Waals surface area contributed by atoms with Crippen LogP contribution in [0.15, 0.2) is 0 Å². The van der Waals surface area contributed by atoms with E-state index in [1.54, 1.807) is 0 Å². The Kier molecular flexibility index (Phi) is 13.7. The zero-order valence-corrected chi connectivity index (χ0v) is 29.2. The minimum atomic E-state index is 0.245. The molecule has 4 aliphatic carbocycles. The minimum absolute atomic E-state index is 0.245. The quantitative estimate of drug-likeness (QED) is 0.121. The van der Waals surface area contributed by atoms with Crippen LogP contribution >= 0.6 is 0 Å². The van der Waals surface area contributed by atoms with Gasteiger partial charge in [-0.1, -0.05) is 46.5 Å². The van der Waals surface area contributed by atoms with Gasteiger partial charge in [-0.25, -0.2) is 0 Å². The van der Waals surface area contributed by atoms with E-state index >= 15 is 0 Å². The molecule has 4 aliphatic rings. The highest BCUT2D eigenvalue weighted by Crippen LogP contribution is 2.68. The van der Waals surface area contributed by atoms with Crippen LogP contribution in [0.4, 0.5) is 0 Å². The van der Waals surface area contributed by atoms with Crippen molar-refractivity contribution in [1.29, 1.82) is 0 Å². The number of amides is 1. The Labute approximate surface area is 266 Å². The monoisotopic (exact) mass is 601 g/mol. The van der Waals surface area contributed by atoms with Crippen LogP contribution < -0.4 is 21.7 Å². The second kappa shape index (κ2) is 16.8. The molecule has 5 heteroatoms. The van der Waals surface area contributed by atoms with Crippen LogP contribution in [-0.2, 0) is 4.79 Å². The molecule has 4 unspecified atom stereocenters. The molecule has 5 N–H and O–H groups in total. The van der Waals surface area contributed by atoms with Gasteiger partial charge in [0, 0.05) is 18.5 Å². The zero-order chi connectivity index (χ0) is 30.9. The van der Waals surface area contributed by atoms with Gasteiger partial charge in [0.25, 0.3) is 0 Å². The van der Waals surface area contributed by atoms with Crippen molar-refractivity contribution >= 4 is 5.91 Å². The minimum Gasteiger partial charge on any atom is -0.354 e. The largest absolute Gasteiger partial charge is 0.354 e. The van der Waals surface area contributed by atoms with E-state index in [4.69, 9.17) is 5.73 Å². The van der Waals surface area contributed by atoms with Gasteiger partial charge in [0.15, 0.2) is 0 Å². The van der Waals surface area contributed by atoms with Crippen molar-refractivity contribution in [1.82, 2.24) is 16.0 Å². The second-order valence-corrected chi connectivity index (χ2v) is 16.6. The van der Waals surface area contributed by atoms with E-state index in [1.807, 2.05) is 0 Å². The van der Waals surface area contributed by atoms with Gasteiger partial charge >= 0.3 is 0 Å². The lowest BCUT2D eigenvalue weighted by molar-refractivity contribution is -0.123. The number of carbonyl (C=O) groups excluding carboxylic acids is 1. The molecule has 4 rings (SSSR count). The zero-order valence-electron chi connectivity index (χ0n) is 29.2. The van der Waals surface area contributed by atoms with Crippen LogP contribution in [0.5, 0.6) is 0 Å². The molecule has 5 nitrogen and oxygen atoms in total. The van der Waals surface area contributed by atoms with Crippen LogP contribution in [0, 0.1) is 46.3 Å². The standard InChI is InChI=1S/C38H72N4O/c1-28(2)42-36(43)18-13-29(3)33-16-17-34-32-15-14-30-27-31(19-21-37(30,4)35(32)20-22-38(33,34)5)41-26-12-25-40-24-11-9-7-6-8-10-23-39/h28-35,40-41H,6-27,39H2,1-5H3,(H,42,43)/t29-,30?,31+,32?,33-,34?,35?,37+,38-/m1/s1. The average molecular weight is 601 g/mol. The maximum Gasteiger partial charge on any atom is 0.220 e. The van der Waals surface area contributed by atoms with Crippen LogP contribution in [0.25, 0.3) is 0 Å². The number of hydrogen-bond acceptors (Lipinski definition) is 4. The first-order valence-electron chi connectivity index (χ1n) is 19.1. The fourth-order valence-electron chi connectivity index (χ4n) is 11.1. The maximum atomic E-state index is 12.4. The highest BCUT2D eigenvalue weighted by Gasteiger charge is 2.60. The van der Waals surface area contributed by atoms with Gasteiger partial charge in [-0.3, -0.25) is 4.79 Å². The maximum absolute atomic E-state index is 12.4. The summed E-state index contributed by atoms with van der Waals surface area (Å²) in [5.41, 5.74) is 6.64. The summed E-state index contributed by atoms with van der Waals surface area (Å²) in [6.45, 7) is 16.3. The molecule has 1 amide bonds. The van der Waals surface area contributed by atoms with Crippen LogP contribution in [-0.4, -0.2) is 44.2 Å². The van der Waals surface area contributed by atoms with Gasteiger partial charge in [0.2, 0.25) is 5.91 Å². The molecule has 4 fully saturated rings. The summed E-state index contributed by atoms with van der Waals surface area (Å²) < 4.78 is 0. The molecule has 0 aromatic heterocycles. The number of hydrogen-bond donors (Lipinski definition) is 4. The van der Waals surface area contributed by atoms with Crippen LogP contribution in [0.1, 0.15) is 150 Å². The van der Waals surface area contributed by atoms with Gasteiger partial charge in [0.1, 0.15) is 0 Å². The summed E-state index contributed by atoms with van der Waals surface area (Å²) >= 11 is 0. The normalized spacial score (nSPS) is 36.2. The lowest BCUT2D eigenvalue weighted by Crippen LogP contribution is -2.55. The van der Waals surface area contributed by atoms with Gasteiger partial charge in [-0.05, 0) is 170 Å². The number of fused-ring (bicyclic) bond motifs is 5. The molecule has 0 radical (unpaired) electrons. The number of unbranched alkanes of at least 4 members (excludes halogenated alkanes) is 5. The van der Waals surface area contributed by atoms with E-state index in [9.17, 15) is 4.79 Å². The Balaban J connectivity index is 1.16. The molecule has 0 heterocycles. The van der Waals surface area contributed by atoms with Crippen molar-refractivity contribution < 1.29 is 4.79 Å². The SMILES string of the molecule is CC(C)NC(=O)CC[C@@H](C)[C@H]1CCC2C3CCC4C[C@@H](NCCCNCCCCCCCCN)CC[C@]4(C)C3CC[C@@]21C. The summed E-state index contributed by atoms with van der Waals surface area (Å²) in [6, 6.07) is 0.986. The fourth-order valence-corrected chi connectivity index (χ4v) is 11.1. The Hall–Kier alpha value is -0.650. The Morgan fingerprint density at radius 2 is 1.49 bits per heavy atom. The van der Waals surface area contributed by atoms with Crippen LogP contribution in [0.2, 0.25) is 0 Å². The van der Waals surface area contributed by atoms with Crippen molar-refractivity contribution in [2.24, 2.45) is 52.1 Å². The highest BCUT2D eigenvalue weighted by atomic mass is 16.1. The van der Waals surface area contributed by atoms with Gasteiger partial charge in [0.05, 0.1) is 0 Å². The second-order valence-electron chi connectivity index (χ2n) is 16.6. The van der Waals surface area contributed by atoms with E-state index in [-0.39, 0.29) is 11.9 Å². The summed E-state index contributed by atoms with van der Waals surface area (Å²) in [4.78, 5) is 12.4. The number of nitrogens with two attached hydrogens (primary N) is 1. The Morgan fingerprint density at radius 3 is 2.26 bits per heavy atom. The molecule has 9 atom stereocenters.